The van der Waals surface area contributed by atoms with Crippen molar-refractivity contribution >= 4 is 17.5 Å². The molecule has 0 bridgehead atoms. The van der Waals surface area contributed by atoms with Crippen molar-refractivity contribution < 1.29 is 14.7 Å². The lowest BCUT2D eigenvalue weighted by Crippen LogP contribution is -2.53. The number of anilines is 1. The van der Waals surface area contributed by atoms with Crippen molar-refractivity contribution in [2.24, 2.45) is 0 Å². The first-order valence-electron chi connectivity index (χ1n) is 11.3. The van der Waals surface area contributed by atoms with Gasteiger partial charge in [-0.2, -0.15) is 0 Å². The molecular formula is C25H29N3O3. The van der Waals surface area contributed by atoms with Gasteiger partial charge in [-0.3, -0.25) is 9.59 Å². The molecule has 2 aromatic rings. The third kappa shape index (κ3) is 4.04. The van der Waals surface area contributed by atoms with Crippen molar-refractivity contribution in [1.82, 2.24) is 9.80 Å². The lowest BCUT2D eigenvalue weighted by Gasteiger charge is -2.35. The number of benzene rings is 2. The van der Waals surface area contributed by atoms with E-state index in [0.717, 1.165) is 31.6 Å². The number of carbonyl (C=O) groups excluding carboxylic acids is 2. The van der Waals surface area contributed by atoms with Crippen molar-refractivity contribution in [3.8, 4) is 0 Å². The van der Waals surface area contributed by atoms with Crippen LogP contribution in [-0.2, 0) is 17.6 Å². The smallest absolute Gasteiger partial charge is 0.254 e. The molecule has 3 aliphatic rings. The Morgan fingerprint density at radius 3 is 1.84 bits per heavy atom. The van der Waals surface area contributed by atoms with E-state index in [-0.39, 0.29) is 11.8 Å². The van der Waals surface area contributed by atoms with Crippen LogP contribution in [0.25, 0.3) is 0 Å². The molecule has 2 heterocycles. The van der Waals surface area contributed by atoms with E-state index < -0.39 is 5.60 Å². The first-order valence-corrected chi connectivity index (χ1v) is 11.3. The molecule has 1 aliphatic carbocycles. The Kier molecular flexibility index (Phi) is 5.18. The molecule has 2 amide bonds. The molecule has 0 unspecified atom stereocenters. The molecule has 0 atom stereocenters. The first kappa shape index (κ1) is 20.1. The van der Waals surface area contributed by atoms with Crippen LogP contribution in [0.3, 0.4) is 0 Å². The van der Waals surface area contributed by atoms with Crippen molar-refractivity contribution in [1.29, 1.82) is 0 Å². The van der Waals surface area contributed by atoms with Gasteiger partial charge < -0.3 is 19.8 Å². The van der Waals surface area contributed by atoms with Crippen LogP contribution in [0.5, 0.6) is 0 Å². The monoisotopic (exact) mass is 419 g/mol. The Hall–Kier alpha value is -2.86. The van der Waals surface area contributed by atoms with Crippen molar-refractivity contribution in [3.05, 3.63) is 65.2 Å². The lowest BCUT2D eigenvalue weighted by atomic mass is 10.0. The number of fused-ring (bicyclic) bond motifs is 1. The van der Waals surface area contributed by atoms with Crippen molar-refractivity contribution in [2.45, 2.75) is 31.3 Å². The molecule has 2 aliphatic heterocycles. The molecule has 6 heteroatoms. The number of amides is 2. The molecule has 1 N–H and O–H groups in total. The highest BCUT2D eigenvalue weighted by molar-refractivity contribution is 5.95. The zero-order valence-corrected chi connectivity index (χ0v) is 17.8. The van der Waals surface area contributed by atoms with Crippen LogP contribution in [0.15, 0.2) is 48.5 Å². The average Bonchev–Trinajstić information content (AvgIpc) is 3.61. The van der Waals surface area contributed by atoms with E-state index in [2.05, 4.69) is 29.2 Å². The normalized spacial score (nSPS) is 20.1. The quantitative estimate of drug-likeness (QED) is 0.828. The fourth-order valence-electron chi connectivity index (χ4n) is 4.66. The van der Waals surface area contributed by atoms with E-state index in [0.29, 0.717) is 44.6 Å². The van der Waals surface area contributed by atoms with Gasteiger partial charge in [0.15, 0.2) is 0 Å². The van der Waals surface area contributed by atoms with Gasteiger partial charge >= 0.3 is 0 Å². The Morgan fingerprint density at radius 1 is 0.742 bits per heavy atom. The number of hydrogen-bond acceptors (Lipinski definition) is 4. The van der Waals surface area contributed by atoms with Crippen molar-refractivity contribution in [3.63, 3.8) is 0 Å². The summed E-state index contributed by atoms with van der Waals surface area (Å²) in [5.41, 5.74) is 3.57. The summed E-state index contributed by atoms with van der Waals surface area (Å²) in [6.07, 6.45) is 3.19. The third-order valence-corrected chi connectivity index (χ3v) is 6.88. The maximum atomic E-state index is 12.9. The topological polar surface area (TPSA) is 64.1 Å². The fraction of sp³-hybridized carbons (Fsp3) is 0.440. The summed E-state index contributed by atoms with van der Waals surface area (Å²) in [7, 11) is 0. The molecule has 162 valence electrons. The van der Waals surface area contributed by atoms with Crippen LogP contribution in [0.1, 0.15) is 34.3 Å². The molecule has 0 radical (unpaired) electrons. The van der Waals surface area contributed by atoms with Gasteiger partial charge in [-0.05, 0) is 61.1 Å². The van der Waals surface area contributed by atoms with E-state index in [1.165, 1.54) is 11.1 Å². The minimum Gasteiger partial charge on any atom is -0.380 e. The highest BCUT2D eigenvalue weighted by Gasteiger charge is 2.50. The van der Waals surface area contributed by atoms with E-state index in [4.69, 9.17) is 0 Å². The highest BCUT2D eigenvalue weighted by Crippen LogP contribution is 2.37. The molecule has 31 heavy (non-hydrogen) atoms. The van der Waals surface area contributed by atoms with E-state index in [9.17, 15) is 14.7 Å². The minimum atomic E-state index is -1.13. The van der Waals surface area contributed by atoms with E-state index in [1.807, 2.05) is 24.3 Å². The SMILES string of the molecule is O=C(c1ccc(N2CCc3ccccc3CC2)cc1)N1CCN(C(=O)C2(O)CC2)CC1. The van der Waals surface area contributed by atoms with Gasteiger partial charge in [0, 0.05) is 50.5 Å². The predicted molar refractivity (Wildman–Crippen MR) is 119 cm³/mol. The number of aliphatic hydroxyl groups is 1. The second-order valence-corrected chi connectivity index (χ2v) is 8.92. The maximum Gasteiger partial charge on any atom is 0.254 e. The second-order valence-electron chi connectivity index (χ2n) is 8.92. The summed E-state index contributed by atoms with van der Waals surface area (Å²) in [6.45, 7) is 3.94. The molecule has 2 aromatic carbocycles. The average molecular weight is 420 g/mol. The molecule has 2 fully saturated rings. The number of rotatable bonds is 3. The molecule has 5 rings (SSSR count). The Balaban J connectivity index is 1.19. The van der Waals surface area contributed by atoms with Gasteiger partial charge in [0.25, 0.3) is 11.8 Å². The summed E-state index contributed by atoms with van der Waals surface area (Å²) in [4.78, 5) is 31.1. The number of piperazine rings is 1. The molecule has 6 nitrogen and oxygen atoms in total. The van der Waals surface area contributed by atoms with Crippen LogP contribution in [0, 0.1) is 0 Å². The third-order valence-electron chi connectivity index (χ3n) is 6.88. The van der Waals surface area contributed by atoms with Crippen LogP contribution >= 0.6 is 0 Å². The number of carbonyl (C=O) groups is 2. The second kappa shape index (κ2) is 8.00. The van der Waals surface area contributed by atoms with Crippen LogP contribution in [0.2, 0.25) is 0 Å². The zero-order chi connectivity index (χ0) is 21.4. The molecule has 1 saturated carbocycles. The number of hydrogen-bond donors (Lipinski definition) is 1. The van der Waals surface area contributed by atoms with E-state index >= 15 is 0 Å². The molecule has 0 aromatic heterocycles. The molecular weight excluding hydrogens is 390 g/mol. The Labute approximate surface area is 183 Å². The van der Waals surface area contributed by atoms with Crippen molar-refractivity contribution in [2.75, 3.05) is 44.2 Å². The fourth-order valence-corrected chi connectivity index (χ4v) is 4.66. The molecule has 1 saturated heterocycles. The summed E-state index contributed by atoms with van der Waals surface area (Å²) in [5.74, 6) is -0.171. The predicted octanol–water partition coefficient (Wildman–Crippen LogP) is 2.10. The van der Waals surface area contributed by atoms with Gasteiger partial charge in [-0.15, -0.1) is 0 Å². The summed E-state index contributed by atoms with van der Waals surface area (Å²) in [6, 6.07) is 16.6. The van der Waals surface area contributed by atoms with Gasteiger partial charge in [0.2, 0.25) is 0 Å². The van der Waals surface area contributed by atoms with Gasteiger partial charge in [0.1, 0.15) is 5.60 Å². The van der Waals surface area contributed by atoms with Crippen LogP contribution in [0.4, 0.5) is 5.69 Å². The largest absolute Gasteiger partial charge is 0.380 e. The number of nitrogens with zero attached hydrogens (tertiary/aromatic N) is 3. The lowest BCUT2D eigenvalue weighted by molar-refractivity contribution is -0.143. The van der Waals surface area contributed by atoms with Gasteiger partial charge in [-0.25, -0.2) is 0 Å². The van der Waals surface area contributed by atoms with Crippen LogP contribution in [-0.4, -0.2) is 71.6 Å². The summed E-state index contributed by atoms with van der Waals surface area (Å²) in [5, 5.41) is 10.0. The highest BCUT2D eigenvalue weighted by atomic mass is 16.3. The zero-order valence-electron chi connectivity index (χ0n) is 17.8. The van der Waals surface area contributed by atoms with Crippen LogP contribution < -0.4 is 4.90 Å². The summed E-state index contributed by atoms with van der Waals surface area (Å²) < 4.78 is 0. The van der Waals surface area contributed by atoms with E-state index in [1.54, 1.807) is 9.80 Å². The maximum absolute atomic E-state index is 12.9. The van der Waals surface area contributed by atoms with Gasteiger partial charge in [-0.1, -0.05) is 24.3 Å². The molecule has 0 spiro atoms. The minimum absolute atomic E-state index is 0.00653. The van der Waals surface area contributed by atoms with Gasteiger partial charge in [0.05, 0.1) is 0 Å². The standard InChI is InChI=1S/C25H29N3O3/c29-23(27-15-17-28(18-16-27)24(30)25(31)11-12-25)21-5-7-22(8-6-21)26-13-9-19-3-1-2-4-20(19)10-14-26/h1-8,31H,9-18H2. The summed E-state index contributed by atoms with van der Waals surface area (Å²) >= 11 is 0. The Bertz CT molecular complexity index is 949. The first-order chi connectivity index (χ1) is 15.0. The Morgan fingerprint density at radius 2 is 1.29 bits per heavy atom.